The summed E-state index contributed by atoms with van der Waals surface area (Å²) in [5.41, 5.74) is -4.09. The predicted molar refractivity (Wildman–Crippen MR) is 123 cm³/mol. The zero-order valence-electron chi connectivity index (χ0n) is 22.8. The van der Waals surface area contributed by atoms with Crippen molar-refractivity contribution in [2.24, 2.45) is 0 Å². The smallest absolute Gasteiger partial charge is 0.196 e. The first kappa shape index (κ1) is 29.3. The topological polar surface area (TPSA) is 64.6 Å². The Morgan fingerprint density at radius 3 is 1.69 bits per heavy atom. The van der Waals surface area contributed by atoms with Gasteiger partial charge in [-0.15, -0.1) is 0 Å². The predicted octanol–water partition coefficient (Wildman–Crippen LogP) is 6.05. The van der Waals surface area contributed by atoms with Crippen molar-refractivity contribution in [2.45, 2.75) is 149 Å². The lowest BCUT2D eigenvalue weighted by atomic mass is 9.81. The molecule has 1 aliphatic heterocycles. The maximum atomic E-state index is 6.37. The first-order chi connectivity index (χ1) is 13.9. The highest BCUT2D eigenvalue weighted by Crippen LogP contribution is 2.41. The van der Waals surface area contributed by atoms with Gasteiger partial charge in [0, 0.05) is 12.8 Å². The molecule has 32 heavy (non-hydrogen) atoms. The SMILES string of the molecule is CC(C)(C)OOC(C)(C)C#CC(C)(CC1(C)CC(C)(C)OOC(C)(C)O1)OOC(C)(C)C. The van der Waals surface area contributed by atoms with Crippen LogP contribution in [0.3, 0.4) is 0 Å². The Kier molecular flexibility index (Phi) is 8.70. The summed E-state index contributed by atoms with van der Waals surface area (Å²) >= 11 is 0. The van der Waals surface area contributed by atoms with Gasteiger partial charge in [-0.2, -0.15) is 0 Å². The van der Waals surface area contributed by atoms with Crippen molar-refractivity contribution in [1.82, 2.24) is 0 Å². The third kappa shape index (κ3) is 11.4. The van der Waals surface area contributed by atoms with Gasteiger partial charge >= 0.3 is 0 Å². The standard InChI is InChI=1S/C25H46O7/c1-19(2,3)27-29-21(7,8)15-16-24(13,32-28-20(4,5)6)18-25(14)17-22(9,10)30-31-23(11,12)26-25/h17-18H2,1-14H3. The minimum Gasteiger partial charge on any atom is -0.341 e. The van der Waals surface area contributed by atoms with E-state index in [1.54, 1.807) is 0 Å². The molecule has 1 saturated heterocycles. The van der Waals surface area contributed by atoms with Gasteiger partial charge in [0.15, 0.2) is 17.0 Å². The van der Waals surface area contributed by atoms with Crippen LogP contribution in [0.25, 0.3) is 0 Å². The highest BCUT2D eigenvalue weighted by molar-refractivity contribution is 5.20. The molecule has 2 atom stereocenters. The molecule has 2 unspecified atom stereocenters. The minimum atomic E-state index is -1.01. The monoisotopic (exact) mass is 458 g/mol. The summed E-state index contributed by atoms with van der Waals surface area (Å²) in [6.07, 6.45) is 0.964. The Bertz CT molecular complexity index is 668. The van der Waals surface area contributed by atoms with Gasteiger partial charge < -0.3 is 4.74 Å². The lowest BCUT2D eigenvalue weighted by Crippen LogP contribution is -2.47. The van der Waals surface area contributed by atoms with Crippen molar-refractivity contribution in [3.63, 3.8) is 0 Å². The van der Waals surface area contributed by atoms with Crippen LogP contribution in [0.15, 0.2) is 0 Å². The van der Waals surface area contributed by atoms with E-state index in [-0.39, 0.29) is 0 Å². The molecule has 1 rings (SSSR count). The summed E-state index contributed by atoms with van der Waals surface area (Å²) in [4.78, 5) is 33.9. The number of rotatable bonds is 6. The van der Waals surface area contributed by atoms with Gasteiger partial charge in [-0.3, -0.25) is 0 Å². The second-order valence-electron chi connectivity index (χ2n) is 12.8. The summed E-state index contributed by atoms with van der Waals surface area (Å²) in [6.45, 7) is 26.7. The summed E-state index contributed by atoms with van der Waals surface area (Å²) in [7, 11) is 0. The lowest BCUT2D eigenvalue weighted by molar-refractivity contribution is -0.442. The lowest BCUT2D eigenvalue weighted by Gasteiger charge is -2.40. The number of ether oxygens (including phenoxy) is 1. The molecule has 1 fully saturated rings. The van der Waals surface area contributed by atoms with E-state index in [1.807, 2.05) is 96.9 Å². The zero-order valence-corrected chi connectivity index (χ0v) is 22.8. The van der Waals surface area contributed by atoms with Gasteiger partial charge in [-0.05, 0) is 96.9 Å². The van der Waals surface area contributed by atoms with E-state index in [0.717, 1.165) is 0 Å². The first-order valence-electron chi connectivity index (χ1n) is 11.3. The fourth-order valence-electron chi connectivity index (χ4n) is 3.45. The molecule has 0 N–H and O–H groups in total. The largest absolute Gasteiger partial charge is 0.341 e. The Hall–Kier alpha value is -0.720. The molecule has 0 bridgehead atoms. The van der Waals surface area contributed by atoms with E-state index in [4.69, 9.17) is 34.1 Å². The third-order valence-electron chi connectivity index (χ3n) is 4.07. The normalized spacial score (nSPS) is 25.9. The molecule has 0 spiro atoms. The molecular formula is C25H46O7. The molecule has 7 heteroatoms. The molecule has 0 aromatic rings. The summed E-state index contributed by atoms with van der Waals surface area (Å²) < 4.78 is 6.37. The van der Waals surface area contributed by atoms with Crippen LogP contribution in [0.4, 0.5) is 0 Å². The second-order valence-corrected chi connectivity index (χ2v) is 12.8. The van der Waals surface area contributed by atoms with Gasteiger partial charge in [-0.25, -0.2) is 29.3 Å². The molecule has 0 amide bonds. The highest BCUT2D eigenvalue weighted by atomic mass is 17.2. The second kappa shape index (κ2) is 9.50. The zero-order chi connectivity index (χ0) is 25.3. The Balaban J connectivity index is 3.25. The van der Waals surface area contributed by atoms with Gasteiger partial charge in [0.25, 0.3) is 0 Å². The average Bonchev–Trinajstić information content (AvgIpc) is 2.61. The summed E-state index contributed by atoms with van der Waals surface area (Å²) in [5, 5.41) is 0. The van der Waals surface area contributed by atoms with Crippen molar-refractivity contribution >= 4 is 0 Å². The molecule has 0 aromatic heterocycles. The van der Waals surface area contributed by atoms with Gasteiger partial charge in [0.05, 0.1) is 16.8 Å². The molecule has 7 nitrogen and oxygen atoms in total. The first-order valence-corrected chi connectivity index (χ1v) is 11.3. The van der Waals surface area contributed by atoms with E-state index in [2.05, 4.69) is 11.8 Å². The van der Waals surface area contributed by atoms with Crippen molar-refractivity contribution in [1.29, 1.82) is 0 Å². The van der Waals surface area contributed by atoms with Crippen LogP contribution in [-0.2, 0) is 34.1 Å². The van der Waals surface area contributed by atoms with Crippen LogP contribution in [0.1, 0.15) is 110 Å². The van der Waals surface area contributed by atoms with Crippen molar-refractivity contribution in [3.8, 4) is 11.8 Å². The van der Waals surface area contributed by atoms with Crippen LogP contribution in [-0.4, -0.2) is 39.4 Å². The van der Waals surface area contributed by atoms with Gasteiger partial charge in [0.1, 0.15) is 5.60 Å². The molecule has 1 heterocycles. The van der Waals surface area contributed by atoms with Crippen LogP contribution in [0.5, 0.6) is 0 Å². The summed E-state index contributed by atoms with van der Waals surface area (Å²) in [6, 6.07) is 0. The average molecular weight is 459 g/mol. The Labute approximate surface area is 195 Å². The van der Waals surface area contributed by atoms with Crippen molar-refractivity contribution in [2.75, 3.05) is 0 Å². The molecule has 188 valence electrons. The Morgan fingerprint density at radius 1 is 0.688 bits per heavy atom. The molecular weight excluding hydrogens is 412 g/mol. The van der Waals surface area contributed by atoms with Crippen LogP contribution < -0.4 is 0 Å². The maximum Gasteiger partial charge on any atom is 0.196 e. The number of hydrogen-bond acceptors (Lipinski definition) is 7. The molecule has 1 aliphatic rings. The van der Waals surface area contributed by atoms with E-state index in [9.17, 15) is 0 Å². The fraction of sp³-hybridized carbons (Fsp3) is 0.920. The van der Waals surface area contributed by atoms with Crippen molar-refractivity contribution in [3.05, 3.63) is 0 Å². The van der Waals surface area contributed by atoms with E-state index in [1.165, 1.54) is 0 Å². The van der Waals surface area contributed by atoms with E-state index < -0.39 is 39.4 Å². The van der Waals surface area contributed by atoms with Crippen LogP contribution in [0, 0.1) is 11.8 Å². The van der Waals surface area contributed by atoms with Crippen LogP contribution in [0.2, 0.25) is 0 Å². The maximum absolute atomic E-state index is 6.37. The van der Waals surface area contributed by atoms with Gasteiger partial charge in [-0.1, -0.05) is 11.8 Å². The Morgan fingerprint density at radius 2 is 1.19 bits per heavy atom. The van der Waals surface area contributed by atoms with E-state index >= 15 is 0 Å². The molecule has 0 aromatic carbocycles. The third-order valence-corrected chi connectivity index (χ3v) is 4.07. The number of hydrogen-bond donors (Lipinski definition) is 0. The van der Waals surface area contributed by atoms with Gasteiger partial charge in [0.2, 0.25) is 0 Å². The fourth-order valence-corrected chi connectivity index (χ4v) is 3.45. The molecule has 0 radical (unpaired) electrons. The molecule has 0 aliphatic carbocycles. The summed E-state index contributed by atoms with van der Waals surface area (Å²) in [5.74, 6) is 5.44. The quantitative estimate of drug-likeness (QED) is 0.273. The van der Waals surface area contributed by atoms with Crippen molar-refractivity contribution < 1.29 is 34.1 Å². The molecule has 0 saturated carbocycles. The highest BCUT2D eigenvalue weighted by Gasteiger charge is 2.48. The van der Waals surface area contributed by atoms with Crippen LogP contribution >= 0.6 is 0 Å². The van der Waals surface area contributed by atoms with E-state index in [0.29, 0.717) is 12.8 Å². The minimum absolute atomic E-state index is 0.402.